The minimum absolute atomic E-state index is 0.119. The number of aryl methyl sites for hydroxylation is 1. The molecule has 116 valence electrons. The maximum absolute atomic E-state index is 12.5. The van der Waals surface area contributed by atoms with Crippen molar-refractivity contribution in [2.45, 2.75) is 33.5 Å². The van der Waals surface area contributed by atoms with Gasteiger partial charge >= 0.3 is 0 Å². The van der Waals surface area contributed by atoms with Crippen molar-refractivity contribution in [1.29, 1.82) is 0 Å². The molecule has 3 nitrogen and oxygen atoms in total. The normalized spacial score (nSPS) is 10.8. The van der Waals surface area contributed by atoms with E-state index in [1.807, 2.05) is 63.2 Å². The molecule has 4 heteroatoms. The van der Waals surface area contributed by atoms with E-state index in [1.165, 1.54) is 0 Å². The molecular formula is C18H20BrNO2. The fourth-order valence-electron chi connectivity index (χ4n) is 2.11. The summed E-state index contributed by atoms with van der Waals surface area (Å²) in [7, 11) is 0. The van der Waals surface area contributed by atoms with Crippen LogP contribution in [0.4, 0.5) is 5.69 Å². The Labute approximate surface area is 139 Å². The van der Waals surface area contributed by atoms with Crippen LogP contribution in [0.25, 0.3) is 0 Å². The second kappa shape index (κ2) is 7.56. The lowest BCUT2D eigenvalue weighted by molar-refractivity contribution is 0.0657. The van der Waals surface area contributed by atoms with E-state index < -0.39 is 0 Å². The molecule has 0 radical (unpaired) electrons. The van der Waals surface area contributed by atoms with Crippen LogP contribution in [0.1, 0.15) is 35.3 Å². The molecule has 0 saturated heterocycles. The van der Waals surface area contributed by atoms with Crippen LogP contribution < -0.4 is 5.32 Å². The highest BCUT2D eigenvalue weighted by Gasteiger charge is 2.13. The first-order valence-corrected chi connectivity index (χ1v) is 8.03. The van der Waals surface area contributed by atoms with Gasteiger partial charge in [0.25, 0.3) is 5.91 Å². The molecular weight excluding hydrogens is 342 g/mol. The van der Waals surface area contributed by atoms with E-state index in [2.05, 4.69) is 21.2 Å². The molecule has 0 aromatic heterocycles. The Morgan fingerprint density at radius 2 is 1.95 bits per heavy atom. The summed E-state index contributed by atoms with van der Waals surface area (Å²) in [6.07, 6.45) is 0.182. The summed E-state index contributed by atoms with van der Waals surface area (Å²) >= 11 is 3.44. The van der Waals surface area contributed by atoms with E-state index in [0.717, 1.165) is 21.3 Å². The fourth-order valence-corrected chi connectivity index (χ4v) is 2.76. The SMILES string of the molecule is Cc1cccc(Br)c1C(=O)Nc1cccc(COC(C)C)c1. The van der Waals surface area contributed by atoms with E-state index in [1.54, 1.807) is 0 Å². The molecule has 2 aromatic carbocycles. The first-order chi connectivity index (χ1) is 10.5. The Balaban J connectivity index is 2.13. The summed E-state index contributed by atoms with van der Waals surface area (Å²) in [4.78, 5) is 12.5. The number of carbonyl (C=O) groups excluding carboxylic acids is 1. The number of benzene rings is 2. The Kier molecular flexibility index (Phi) is 5.75. The third-order valence-corrected chi connectivity index (χ3v) is 3.88. The Hall–Kier alpha value is -1.65. The van der Waals surface area contributed by atoms with Crippen LogP contribution >= 0.6 is 15.9 Å². The topological polar surface area (TPSA) is 38.3 Å². The van der Waals surface area contributed by atoms with E-state index in [0.29, 0.717) is 12.2 Å². The molecule has 0 bridgehead atoms. The molecule has 0 heterocycles. The van der Waals surface area contributed by atoms with Gasteiger partial charge in [0.2, 0.25) is 0 Å². The van der Waals surface area contributed by atoms with Crippen LogP contribution in [-0.4, -0.2) is 12.0 Å². The van der Waals surface area contributed by atoms with Crippen molar-refractivity contribution in [3.8, 4) is 0 Å². The molecule has 0 spiro atoms. The number of carbonyl (C=O) groups is 1. The van der Waals surface area contributed by atoms with Crippen molar-refractivity contribution in [2.24, 2.45) is 0 Å². The predicted molar refractivity (Wildman–Crippen MR) is 93.2 cm³/mol. The van der Waals surface area contributed by atoms with Crippen LogP contribution in [-0.2, 0) is 11.3 Å². The third kappa shape index (κ3) is 4.42. The molecule has 0 aliphatic rings. The van der Waals surface area contributed by atoms with Gasteiger partial charge in [-0.05, 0) is 66.0 Å². The summed E-state index contributed by atoms with van der Waals surface area (Å²) in [5.74, 6) is -0.119. The molecule has 0 aliphatic carbocycles. The first-order valence-electron chi connectivity index (χ1n) is 7.24. The van der Waals surface area contributed by atoms with Crippen molar-refractivity contribution < 1.29 is 9.53 Å². The van der Waals surface area contributed by atoms with E-state index in [-0.39, 0.29) is 12.0 Å². The van der Waals surface area contributed by atoms with Crippen LogP contribution in [0.3, 0.4) is 0 Å². The molecule has 2 rings (SSSR count). The number of ether oxygens (including phenoxy) is 1. The number of halogens is 1. The van der Waals surface area contributed by atoms with Gasteiger partial charge in [0.05, 0.1) is 18.3 Å². The molecule has 1 amide bonds. The van der Waals surface area contributed by atoms with Crippen LogP contribution in [0, 0.1) is 6.92 Å². The highest BCUT2D eigenvalue weighted by molar-refractivity contribution is 9.10. The smallest absolute Gasteiger partial charge is 0.257 e. The van der Waals surface area contributed by atoms with Crippen molar-refractivity contribution >= 4 is 27.5 Å². The lowest BCUT2D eigenvalue weighted by atomic mass is 10.1. The molecule has 2 aromatic rings. The summed E-state index contributed by atoms with van der Waals surface area (Å²) in [5.41, 5.74) is 3.40. The van der Waals surface area contributed by atoms with E-state index >= 15 is 0 Å². The van der Waals surface area contributed by atoms with Gasteiger partial charge in [-0.3, -0.25) is 4.79 Å². The lowest BCUT2D eigenvalue weighted by Gasteiger charge is -2.11. The standard InChI is InChI=1S/C18H20BrNO2/c1-12(2)22-11-14-7-5-8-15(10-14)20-18(21)17-13(3)6-4-9-16(17)19/h4-10,12H,11H2,1-3H3,(H,20,21). The second-order valence-corrected chi connectivity index (χ2v) is 6.30. The minimum Gasteiger partial charge on any atom is -0.374 e. The predicted octanol–water partition coefficient (Wildman–Crippen LogP) is 4.93. The zero-order valence-corrected chi connectivity index (χ0v) is 14.6. The van der Waals surface area contributed by atoms with Gasteiger partial charge in [-0.25, -0.2) is 0 Å². The Bertz CT molecular complexity index is 648. The molecule has 0 fully saturated rings. The highest BCUT2D eigenvalue weighted by atomic mass is 79.9. The van der Waals surface area contributed by atoms with Gasteiger partial charge in [-0.1, -0.05) is 24.3 Å². The minimum atomic E-state index is -0.119. The van der Waals surface area contributed by atoms with Gasteiger partial charge in [0, 0.05) is 10.2 Å². The molecule has 0 atom stereocenters. The maximum atomic E-state index is 12.5. The Morgan fingerprint density at radius 1 is 1.23 bits per heavy atom. The summed E-state index contributed by atoms with van der Waals surface area (Å²) in [6.45, 7) is 6.46. The van der Waals surface area contributed by atoms with Gasteiger partial charge in [-0.15, -0.1) is 0 Å². The quantitative estimate of drug-likeness (QED) is 0.819. The molecule has 0 aliphatic heterocycles. The lowest BCUT2D eigenvalue weighted by Crippen LogP contribution is -2.14. The second-order valence-electron chi connectivity index (χ2n) is 5.45. The summed E-state index contributed by atoms with van der Waals surface area (Å²) in [6, 6.07) is 13.4. The number of nitrogens with one attached hydrogen (secondary N) is 1. The number of hydrogen-bond donors (Lipinski definition) is 1. The zero-order valence-electron chi connectivity index (χ0n) is 13.0. The van der Waals surface area contributed by atoms with Gasteiger partial charge in [0.1, 0.15) is 0 Å². The number of anilines is 1. The number of amides is 1. The molecule has 22 heavy (non-hydrogen) atoms. The molecule has 0 saturated carbocycles. The summed E-state index contributed by atoms with van der Waals surface area (Å²) < 4.78 is 6.39. The van der Waals surface area contributed by atoms with Crippen LogP contribution in [0.2, 0.25) is 0 Å². The molecule has 0 unspecified atom stereocenters. The van der Waals surface area contributed by atoms with Crippen molar-refractivity contribution in [3.63, 3.8) is 0 Å². The molecule has 1 N–H and O–H groups in total. The van der Waals surface area contributed by atoms with Crippen molar-refractivity contribution in [1.82, 2.24) is 0 Å². The van der Waals surface area contributed by atoms with Gasteiger partial charge < -0.3 is 10.1 Å². The third-order valence-electron chi connectivity index (χ3n) is 3.22. The highest BCUT2D eigenvalue weighted by Crippen LogP contribution is 2.22. The van der Waals surface area contributed by atoms with Crippen molar-refractivity contribution in [3.05, 3.63) is 63.6 Å². The first kappa shape index (κ1) is 16.7. The van der Waals surface area contributed by atoms with E-state index in [9.17, 15) is 4.79 Å². The maximum Gasteiger partial charge on any atom is 0.257 e. The zero-order chi connectivity index (χ0) is 16.1. The monoisotopic (exact) mass is 361 g/mol. The number of rotatable bonds is 5. The fraction of sp³-hybridized carbons (Fsp3) is 0.278. The summed E-state index contributed by atoms with van der Waals surface area (Å²) in [5, 5.41) is 2.94. The van der Waals surface area contributed by atoms with E-state index in [4.69, 9.17) is 4.74 Å². The van der Waals surface area contributed by atoms with Crippen LogP contribution in [0.5, 0.6) is 0 Å². The Morgan fingerprint density at radius 3 is 2.64 bits per heavy atom. The van der Waals surface area contributed by atoms with Gasteiger partial charge in [-0.2, -0.15) is 0 Å². The van der Waals surface area contributed by atoms with Crippen molar-refractivity contribution in [2.75, 3.05) is 5.32 Å². The van der Waals surface area contributed by atoms with Gasteiger partial charge in [0.15, 0.2) is 0 Å². The largest absolute Gasteiger partial charge is 0.374 e. The average Bonchev–Trinajstić information content (AvgIpc) is 2.45. The van der Waals surface area contributed by atoms with Crippen LogP contribution in [0.15, 0.2) is 46.9 Å². The average molecular weight is 362 g/mol. The number of hydrogen-bond acceptors (Lipinski definition) is 2.